The first kappa shape index (κ1) is 20.0. The van der Waals surface area contributed by atoms with Crippen LogP contribution in [0, 0.1) is 0 Å². The zero-order valence-corrected chi connectivity index (χ0v) is 16.6. The van der Waals surface area contributed by atoms with Crippen LogP contribution in [-0.4, -0.2) is 17.5 Å². The number of halogens is 2. The minimum Gasteiger partial charge on any atom is -0.490 e. The Morgan fingerprint density at radius 1 is 0.964 bits per heavy atom. The number of nitrogens with zero attached hydrogens (tertiary/aromatic N) is 1. The number of carbonyl (C=O) groups is 1. The third-order valence-electron chi connectivity index (χ3n) is 3.83. The SMILES string of the molecule is CCOc1cc(C(=O)Nc2ccc(Cl)c(Cl)c2)ccc1OCc1ccncc1. The maximum absolute atomic E-state index is 12.6. The summed E-state index contributed by atoms with van der Waals surface area (Å²) in [5.41, 5.74) is 1.97. The molecule has 0 saturated carbocycles. The molecule has 5 nitrogen and oxygen atoms in total. The highest BCUT2D eigenvalue weighted by Crippen LogP contribution is 2.30. The molecule has 0 aliphatic carbocycles. The van der Waals surface area contributed by atoms with Crippen molar-refractivity contribution in [3.05, 3.63) is 82.1 Å². The largest absolute Gasteiger partial charge is 0.490 e. The summed E-state index contributed by atoms with van der Waals surface area (Å²) < 4.78 is 11.5. The van der Waals surface area contributed by atoms with Gasteiger partial charge in [0.25, 0.3) is 5.91 Å². The van der Waals surface area contributed by atoms with Crippen molar-refractivity contribution in [3.63, 3.8) is 0 Å². The summed E-state index contributed by atoms with van der Waals surface area (Å²) in [6.45, 7) is 2.69. The van der Waals surface area contributed by atoms with Gasteiger partial charge in [-0.3, -0.25) is 9.78 Å². The molecule has 0 atom stereocenters. The number of pyridine rings is 1. The second-order valence-electron chi connectivity index (χ2n) is 5.82. The number of carbonyl (C=O) groups excluding carboxylic acids is 1. The Bertz CT molecular complexity index is 965. The smallest absolute Gasteiger partial charge is 0.255 e. The lowest BCUT2D eigenvalue weighted by Crippen LogP contribution is -2.12. The predicted molar refractivity (Wildman–Crippen MR) is 111 cm³/mol. The molecular formula is C21H18Cl2N2O3. The summed E-state index contributed by atoms with van der Waals surface area (Å²) in [7, 11) is 0. The highest BCUT2D eigenvalue weighted by atomic mass is 35.5. The average molecular weight is 417 g/mol. The van der Waals surface area contributed by atoms with Crippen molar-refractivity contribution in [2.45, 2.75) is 13.5 Å². The fourth-order valence-corrected chi connectivity index (χ4v) is 2.75. The molecule has 0 saturated heterocycles. The lowest BCUT2D eigenvalue weighted by atomic mass is 10.1. The molecule has 0 fully saturated rings. The zero-order chi connectivity index (χ0) is 19.9. The molecular weight excluding hydrogens is 399 g/mol. The maximum Gasteiger partial charge on any atom is 0.255 e. The van der Waals surface area contributed by atoms with Crippen molar-refractivity contribution in [2.75, 3.05) is 11.9 Å². The van der Waals surface area contributed by atoms with Crippen molar-refractivity contribution >= 4 is 34.8 Å². The molecule has 28 heavy (non-hydrogen) atoms. The Kier molecular flexibility index (Phi) is 6.74. The van der Waals surface area contributed by atoms with Crippen molar-refractivity contribution in [3.8, 4) is 11.5 Å². The number of aromatic nitrogens is 1. The maximum atomic E-state index is 12.6. The molecule has 0 spiro atoms. The third kappa shape index (κ3) is 5.15. The van der Waals surface area contributed by atoms with E-state index in [-0.39, 0.29) is 5.91 Å². The first-order valence-electron chi connectivity index (χ1n) is 8.61. The fourth-order valence-electron chi connectivity index (χ4n) is 2.45. The monoisotopic (exact) mass is 416 g/mol. The molecule has 3 aromatic rings. The number of hydrogen-bond acceptors (Lipinski definition) is 4. The normalized spacial score (nSPS) is 10.4. The molecule has 1 heterocycles. The van der Waals surface area contributed by atoms with Crippen LogP contribution in [0.4, 0.5) is 5.69 Å². The van der Waals surface area contributed by atoms with Gasteiger partial charge in [-0.25, -0.2) is 0 Å². The molecule has 2 aromatic carbocycles. The quantitative estimate of drug-likeness (QED) is 0.542. The molecule has 0 radical (unpaired) electrons. The van der Waals surface area contributed by atoms with Crippen LogP contribution < -0.4 is 14.8 Å². The van der Waals surface area contributed by atoms with Crippen LogP contribution in [0.3, 0.4) is 0 Å². The van der Waals surface area contributed by atoms with E-state index in [9.17, 15) is 4.79 Å². The second-order valence-corrected chi connectivity index (χ2v) is 6.64. The Labute approximate surface area is 173 Å². The van der Waals surface area contributed by atoms with Gasteiger partial charge in [-0.05, 0) is 61.0 Å². The minimum absolute atomic E-state index is 0.292. The van der Waals surface area contributed by atoms with E-state index in [4.69, 9.17) is 32.7 Å². The van der Waals surface area contributed by atoms with Crippen LogP contribution in [-0.2, 0) is 6.61 Å². The van der Waals surface area contributed by atoms with Gasteiger partial charge in [0.2, 0.25) is 0 Å². The summed E-state index contributed by atoms with van der Waals surface area (Å²) >= 11 is 11.9. The topological polar surface area (TPSA) is 60.5 Å². The number of hydrogen-bond donors (Lipinski definition) is 1. The molecule has 1 aromatic heterocycles. The minimum atomic E-state index is -0.292. The van der Waals surface area contributed by atoms with E-state index >= 15 is 0 Å². The van der Waals surface area contributed by atoms with Crippen molar-refractivity contribution in [2.24, 2.45) is 0 Å². The Hall–Kier alpha value is -2.76. The lowest BCUT2D eigenvalue weighted by molar-refractivity contribution is 0.102. The van der Waals surface area contributed by atoms with Crippen LogP contribution >= 0.6 is 23.2 Å². The van der Waals surface area contributed by atoms with Gasteiger partial charge < -0.3 is 14.8 Å². The standard InChI is InChI=1S/C21H18Cl2N2O3/c1-2-27-20-11-15(21(26)25-16-4-5-17(22)18(23)12-16)3-6-19(20)28-13-14-7-9-24-10-8-14/h3-12H,2,13H2,1H3,(H,25,26). The number of ether oxygens (including phenoxy) is 2. The van der Waals surface area contributed by atoms with Crippen molar-refractivity contribution in [1.29, 1.82) is 0 Å². The summed E-state index contributed by atoms with van der Waals surface area (Å²) in [4.78, 5) is 16.5. The third-order valence-corrected chi connectivity index (χ3v) is 4.57. The van der Waals surface area contributed by atoms with Gasteiger partial charge >= 0.3 is 0 Å². The number of rotatable bonds is 7. The molecule has 7 heteroatoms. The van der Waals surface area contributed by atoms with Gasteiger partial charge in [-0.15, -0.1) is 0 Å². The van der Waals surface area contributed by atoms with E-state index in [0.717, 1.165) is 5.56 Å². The summed E-state index contributed by atoms with van der Waals surface area (Å²) in [5, 5.41) is 3.58. The van der Waals surface area contributed by atoms with Crippen LogP contribution in [0.2, 0.25) is 10.0 Å². The predicted octanol–water partition coefficient (Wildman–Crippen LogP) is 5.62. The van der Waals surface area contributed by atoms with Crippen molar-refractivity contribution in [1.82, 2.24) is 4.98 Å². The van der Waals surface area contributed by atoms with Gasteiger partial charge in [-0.2, -0.15) is 0 Å². The Morgan fingerprint density at radius 3 is 2.46 bits per heavy atom. The van der Waals surface area contributed by atoms with Gasteiger partial charge in [0.1, 0.15) is 6.61 Å². The number of anilines is 1. The van der Waals surface area contributed by atoms with E-state index in [0.29, 0.717) is 46.0 Å². The van der Waals surface area contributed by atoms with Gasteiger partial charge in [0.05, 0.1) is 16.7 Å². The van der Waals surface area contributed by atoms with Gasteiger partial charge in [0, 0.05) is 23.6 Å². The second kappa shape index (κ2) is 9.44. The molecule has 0 aliphatic heterocycles. The summed E-state index contributed by atoms with van der Waals surface area (Å²) in [6.07, 6.45) is 3.41. The van der Waals surface area contributed by atoms with E-state index in [1.165, 1.54) is 0 Å². The summed E-state index contributed by atoms with van der Waals surface area (Å²) in [5.74, 6) is 0.767. The molecule has 3 rings (SSSR count). The number of nitrogens with one attached hydrogen (secondary N) is 1. The number of amides is 1. The van der Waals surface area contributed by atoms with E-state index < -0.39 is 0 Å². The molecule has 1 N–H and O–H groups in total. The molecule has 0 bridgehead atoms. The van der Waals surface area contributed by atoms with E-state index in [2.05, 4.69) is 10.3 Å². The van der Waals surface area contributed by atoms with Crippen LogP contribution in [0.5, 0.6) is 11.5 Å². The van der Waals surface area contributed by atoms with Crippen LogP contribution in [0.1, 0.15) is 22.8 Å². The Balaban J connectivity index is 1.75. The number of benzene rings is 2. The molecule has 1 amide bonds. The molecule has 0 aliphatic rings. The first-order valence-corrected chi connectivity index (χ1v) is 9.37. The van der Waals surface area contributed by atoms with Gasteiger partial charge in [-0.1, -0.05) is 23.2 Å². The van der Waals surface area contributed by atoms with E-state index in [1.807, 2.05) is 19.1 Å². The van der Waals surface area contributed by atoms with Crippen LogP contribution in [0.25, 0.3) is 0 Å². The first-order chi connectivity index (χ1) is 13.6. The van der Waals surface area contributed by atoms with E-state index in [1.54, 1.807) is 48.8 Å². The summed E-state index contributed by atoms with van der Waals surface area (Å²) in [6, 6.07) is 13.7. The fraction of sp³-hybridized carbons (Fsp3) is 0.143. The van der Waals surface area contributed by atoms with Crippen LogP contribution in [0.15, 0.2) is 60.9 Å². The van der Waals surface area contributed by atoms with Gasteiger partial charge in [0.15, 0.2) is 11.5 Å². The van der Waals surface area contributed by atoms with Crippen molar-refractivity contribution < 1.29 is 14.3 Å². The Morgan fingerprint density at radius 2 is 1.75 bits per heavy atom. The zero-order valence-electron chi connectivity index (χ0n) is 15.1. The highest BCUT2D eigenvalue weighted by molar-refractivity contribution is 6.42. The lowest BCUT2D eigenvalue weighted by Gasteiger charge is -2.14. The molecule has 0 unspecified atom stereocenters. The molecule has 144 valence electrons. The highest BCUT2D eigenvalue weighted by Gasteiger charge is 2.13. The average Bonchev–Trinajstić information content (AvgIpc) is 2.71.